The molecule has 0 aliphatic carbocycles. The molecule has 4 nitrogen and oxygen atoms in total. The van der Waals surface area contributed by atoms with Gasteiger partial charge in [-0.3, -0.25) is 9.59 Å². The summed E-state index contributed by atoms with van der Waals surface area (Å²) in [5, 5.41) is 11.3. The van der Waals surface area contributed by atoms with Crippen molar-refractivity contribution in [1.82, 2.24) is 5.32 Å². The van der Waals surface area contributed by atoms with Crippen molar-refractivity contribution in [1.29, 1.82) is 0 Å². The summed E-state index contributed by atoms with van der Waals surface area (Å²) in [4.78, 5) is 21.7. The van der Waals surface area contributed by atoms with Gasteiger partial charge in [-0.1, -0.05) is 6.07 Å². The van der Waals surface area contributed by atoms with Gasteiger partial charge in [0, 0.05) is 6.92 Å². The molecular formula is C12H14FNO3. The first-order chi connectivity index (χ1) is 7.90. The van der Waals surface area contributed by atoms with Gasteiger partial charge in [-0.2, -0.15) is 0 Å². The average Bonchev–Trinajstić information content (AvgIpc) is 2.19. The van der Waals surface area contributed by atoms with Crippen molar-refractivity contribution in [2.24, 2.45) is 0 Å². The van der Waals surface area contributed by atoms with Crippen LogP contribution in [0, 0.1) is 12.7 Å². The zero-order valence-electron chi connectivity index (χ0n) is 9.66. The van der Waals surface area contributed by atoms with Crippen LogP contribution in [0.15, 0.2) is 18.2 Å². The van der Waals surface area contributed by atoms with Gasteiger partial charge < -0.3 is 10.4 Å². The van der Waals surface area contributed by atoms with Gasteiger partial charge in [-0.25, -0.2) is 4.39 Å². The van der Waals surface area contributed by atoms with E-state index in [-0.39, 0.29) is 12.3 Å². The van der Waals surface area contributed by atoms with Crippen LogP contribution in [0.25, 0.3) is 0 Å². The van der Waals surface area contributed by atoms with Crippen LogP contribution in [0.2, 0.25) is 0 Å². The number of nitrogens with one attached hydrogen (secondary N) is 1. The molecule has 1 rings (SSSR count). The number of hydrogen-bond donors (Lipinski definition) is 2. The molecule has 92 valence electrons. The van der Waals surface area contributed by atoms with Crippen LogP contribution in [0.3, 0.4) is 0 Å². The summed E-state index contributed by atoms with van der Waals surface area (Å²) in [5.74, 6) is -1.85. The van der Waals surface area contributed by atoms with Gasteiger partial charge in [0.05, 0.1) is 12.5 Å². The minimum absolute atomic E-state index is 0.274. The Labute approximate surface area is 98.5 Å². The third-order valence-corrected chi connectivity index (χ3v) is 2.37. The summed E-state index contributed by atoms with van der Waals surface area (Å²) >= 11 is 0. The first kappa shape index (κ1) is 13.2. The summed E-state index contributed by atoms with van der Waals surface area (Å²) < 4.78 is 13.1. The van der Waals surface area contributed by atoms with Crippen molar-refractivity contribution in [2.75, 3.05) is 0 Å². The highest BCUT2D eigenvalue weighted by atomic mass is 19.1. The Bertz CT molecular complexity index is 429. The zero-order chi connectivity index (χ0) is 13.0. The Balaban J connectivity index is 3.06. The van der Waals surface area contributed by atoms with E-state index in [0.29, 0.717) is 5.56 Å². The van der Waals surface area contributed by atoms with Crippen molar-refractivity contribution >= 4 is 11.9 Å². The Hall–Kier alpha value is -1.91. The second-order valence-electron chi connectivity index (χ2n) is 3.85. The molecular weight excluding hydrogens is 225 g/mol. The van der Waals surface area contributed by atoms with E-state index in [4.69, 9.17) is 5.11 Å². The van der Waals surface area contributed by atoms with Gasteiger partial charge in [-0.15, -0.1) is 0 Å². The minimum Gasteiger partial charge on any atom is -0.481 e. The molecule has 0 saturated heterocycles. The fraction of sp³-hybridized carbons (Fsp3) is 0.333. The molecule has 0 saturated carbocycles. The molecule has 0 radical (unpaired) electrons. The molecule has 0 spiro atoms. The van der Waals surface area contributed by atoms with E-state index in [9.17, 15) is 14.0 Å². The number of benzene rings is 1. The van der Waals surface area contributed by atoms with Crippen molar-refractivity contribution in [3.63, 3.8) is 0 Å². The number of amides is 1. The molecule has 0 aliphatic heterocycles. The highest BCUT2D eigenvalue weighted by Gasteiger charge is 2.18. The van der Waals surface area contributed by atoms with Crippen molar-refractivity contribution in [2.45, 2.75) is 26.3 Å². The van der Waals surface area contributed by atoms with Crippen LogP contribution < -0.4 is 5.32 Å². The highest BCUT2D eigenvalue weighted by Crippen LogP contribution is 2.21. The number of aryl methyl sites for hydroxylation is 1. The Morgan fingerprint density at radius 1 is 1.47 bits per heavy atom. The largest absolute Gasteiger partial charge is 0.481 e. The lowest BCUT2D eigenvalue weighted by atomic mass is 9.98. The lowest BCUT2D eigenvalue weighted by molar-refractivity contribution is -0.137. The number of carbonyl (C=O) groups excluding carboxylic acids is 1. The molecule has 0 fully saturated rings. The molecule has 17 heavy (non-hydrogen) atoms. The third kappa shape index (κ3) is 3.86. The summed E-state index contributed by atoms with van der Waals surface area (Å²) in [6.45, 7) is 3.04. The minimum atomic E-state index is -1.05. The number of halogens is 1. The maximum atomic E-state index is 13.1. The van der Waals surface area contributed by atoms with Gasteiger partial charge in [0.25, 0.3) is 0 Å². The quantitative estimate of drug-likeness (QED) is 0.841. The van der Waals surface area contributed by atoms with E-state index in [1.165, 1.54) is 19.1 Å². The molecule has 1 aromatic rings. The smallest absolute Gasteiger partial charge is 0.305 e. The molecule has 0 bridgehead atoms. The van der Waals surface area contributed by atoms with Crippen molar-refractivity contribution in [3.8, 4) is 0 Å². The molecule has 0 aromatic heterocycles. The molecule has 1 amide bonds. The van der Waals surface area contributed by atoms with E-state index in [1.54, 1.807) is 13.0 Å². The van der Waals surface area contributed by atoms with Crippen LogP contribution in [0.5, 0.6) is 0 Å². The average molecular weight is 239 g/mol. The van der Waals surface area contributed by atoms with E-state index < -0.39 is 17.8 Å². The standard InChI is InChI=1S/C12H14FNO3/c1-7-3-4-9(13)5-10(7)11(6-12(16)17)14-8(2)15/h3-5,11H,6H2,1-2H3,(H,14,15)(H,16,17)/t11-/m1/s1. The van der Waals surface area contributed by atoms with Gasteiger partial charge in [0.2, 0.25) is 5.91 Å². The number of carboxylic acid groups (broad SMARTS) is 1. The summed E-state index contributed by atoms with van der Waals surface area (Å²) in [6.07, 6.45) is -0.274. The van der Waals surface area contributed by atoms with E-state index in [0.717, 1.165) is 5.56 Å². The molecule has 1 aromatic carbocycles. The van der Waals surface area contributed by atoms with Crippen molar-refractivity contribution < 1.29 is 19.1 Å². The first-order valence-corrected chi connectivity index (χ1v) is 5.15. The predicted octanol–water partition coefficient (Wildman–Crippen LogP) is 1.79. The topological polar surface area (TPSA) is 66.4 Å². The van der Waals surface area contributed by atoms with E-state index in [2.05, 4.69) is 5.32 Å². The van der Waals surface area contributed by atoms with Crippen LogP contribution in [0.1, 0.15) is 30.5 Å². The lowest BCUT2D eigenvalue weighted by Crippen LogP contribution is -2.28. The van der Waals surface area contributed by atoms with Crippen LogP contribution in [-0.2, 0) is 9.59 Å². The number of rotatable bonds is 4. The third-order valence-electron chi connectivity index (χ3n) is 2.37. The number of carboxylic acids is 1. The summed E-state index contributed by atoms with van der Waals surface area (Å²) in [6, 6.07) is 3.39. The number of hydrogen-bond acceptors (Lipinski definition) is 2. The zero-order valence-corrected chi connectivity index (χ0v) is 9.66. The lowest BCUT2D eigenvalue weighted by Gasteiger charge is -2.18. The Kier molecular flexibility index (Phi) is 4.20. The molecule has 0 heterocycles. The Morgan fingerprint density at radius 2 is 2.12 bits per heavy atom. The molecule has 1 atom stereocenters. The van der Waals surface area contributed by atoms with Gasteiger partial charge in [0.1, 0.15) is 5.82 Å². The highest BCUT2D eigenvalue weighted by molar-refractivity contribution is 5.75. The molecule has 0 aliphatic rings. The monoisotopic (exact) mass is 239 g/mol. The second-order valence-corrected chi connectivity index (χ2v) is 3.85. The van der Waals surface area contributed by atoms with Gasteiger partial charge in [-0.05, 0) is 30.2 Å². The SMILES string of the molecule is CC(=O)N[C@H](CC(=O)O)c1cc(F)ccc1C. The second kappa shape index (κ2) is 5.43. The van der Waals surface area contributed by atoms with E-state index >= 15 is 0 Å². The molecule has 5 heteroatoms. The Morgan fingerprint density at radius 3 is 2.65 bits per heavy atom. The maximum Gasteiger partial charge on any atom is 0.305 e. The van der Waals surface area contributed by atoms with Gasteiger partial charge in [0.15, 0.2) is 0 Å². The summed E-state index contributed by atoms with van der Waals surface area (Å²) in [5.41, 5.74) is 1.23. The van der Waals surface area contributed by atoms with Gasteiger partial charge >= 0.3 is 5.97 Å². The number of carbonyl (C=O) groups is 2. The van der Waals surface area contributed by atoms with Crippen LogP contribution in [0.4, 0.5) is 4.39 Å². The van der Waals surface area contributed by atoms with E-state index in [1.807, 2.05) is 0 Å². The predicted molar refractivity (Wildman–Crippen MR) is 59.9 cm³/mol. The normalized spacial score (nSPS) is 11.9. The summed E-state index contributed by atoms with van der Waals surface area (Å²) in [7, 11) is 0. The maximum absolute atomic E-state index is 13.1. The fourth-order valence-corrected chi connectivity index (χ4v) is 1.65. The van der Waals surface area contributed by atoms with Crippen LogP contribution >= 0.6 is 0 Å². The number of aliphatic carboxylic acids is 1. The van der Waals surface area contributed by atoms with Crippen molar-refractivity contribution in [3.05, 3.63) is 35.1 Å². The van der Waals surface area contributed by atoms with Crippen LogP contribution in [-0.4, -0.2) is 17.0 Å². The first-order valence-electron chi connectivity index (χ1n) is 5.15. The molecule has 0 unspecified atom stereocenters. The fourth-order valence-electron chi connectivity index (χ4n) is 1.65. The molecule has 2 N–H and O–H groups in total.